The molecule has 1 heteroatoms. The summed E-state index contributed by atoms with van der Waals surface area (Å²) in [5.74, 6) is 0. The van der Waals surface area contributed by atoms with Gasteiger partial charge in [-0.05, 0) is 74.0 Å². The summed E-state index contributed by atoms with van der Waals surface area (Å²) in [4.78, 5) is 0. The van der Waals surface area contributed by atoms with Gasteiger partial charge in [0.05, 0.1) is 0 Å². The second kappa shape index (κ2) is 6.70. The molecule has 168 valence electrons. The van der Waals surface area contributed by atoms with Crippen LogP contribution in [0.2, 0.25) is 0 Å². The Morgan fingerprint density at radius 3 is 1.61 bits per heavy atom. The summed E-state index contributed by atoms with van der Waals surface area (Å²) in [6.07, 6.45) is 2.45. The molecule has 0 amide bonds. The van der Waals surface area contributed by atoms with Gasteiger partial charge in [-0.25, -0.2) is 0 Å². The maximum absolute atomic E-state index is 2.51. The van der Waals surface area contributed by atoms with Gasteiger partial charge in [-0.15, -0.1) is 0 Å². The van der Waals surface area contributed by atoms with Gasteiger partial charge in [0.25, 0.3) is 0 Å². The van der Waals surface area contributed by atoms with E-state index in [0.717, 1.165) is 0 Å². The highest BCUT2D eigenvalue weighted by atomic mass is 31.1. The van der Waals surface area contributed by atoms with E-state index < -0.39 is 0 Å². The lowest BCUT2D eigenvalue weighted by Crippen LogP contribution is -2.37. The van der Waals surface area contributed by atoms with Crippen LogP contribution in [0.3, 0.4) is 0 Å². The first-order valence-corrected chi connectivity index (χ1v) is 13.4. The summed E-state index contributed by atoms with van der Waals surface area (Å²) < 4.78 is 0. The molecule has 0 saturated heterocycles. The average Bonchev–Trinajstić information content (AvgIpc) is 2.93. The Bertz CT molecular complexity index is 1010. The Balaban J connectivity index is 2.12. The van der Waals surface area contributed by atoms with Crippen molar-refractivity contribution in [1.82, 2.24) is 0 Å². The topological polar surface area (TPSA) is 0 Å². The van der Waals surface area contributed by atoms with Crippen molar-refractivity contribution in [3.05, 3.63) is 64.2 Å². The van der Waals surface area contributed by atoms with Crippen LogP contribution in [0.25, 0.3) is 0 Å². The van der Waals surface area contributed by atoms with Gasteiger partial charge in [-0.1, -0.05) is 114 Å². The van der Waals surface area contributed by atoms with Crippen LogP contribution in [0.15, 0.2) is 36.4 Å². The number of fused-ring (bicyclic) bond motifs is 4. The van der Waals surface area contributed by atoms with Crippen molar-refractivity contribution >= 4 is 13.2 Å². The molecular formula is C30H43P. The van der Waals surface area contributed by atoms with Gasteiger partial charge >= 0.3 is 0 Å². The molecular weight excluding hydrogens is 391 g/mol. The zero-order valence-electron chi connectivity index (χ0n) is 21.8. The third kappa shape index (κ3) is 3.35. The van der Waals surface area contributed by atoms with Crippen molar-refractivity contribution in [3.63, 3.8) is 0 Å². The van der Waals surface area contributed by atoms with Gasteiger partial charge in [0.2, 0.25) is 0 Å². The third-order valence-electron chi connectivity index (χ3n) is 7.80. The molecule has 31 heavy (non-hydrogen) atoms. The van der Waals surface area contributed by atoms with E-state index in [9.17, 15) is 0 Å². The molecule has 0 N–H and O–H groups in total. The molecule has 4 rings (SSSR count). The molecule has 1 atom stereocenters. The predicted octanol–water partition coefficient (Wildman–Crippen LogP) is 8.35. The number of benzene rings is 2. The Hall–Kier alpha value is -1.13. The van der Waals surface area contributed by atoms with Crippen molar-refractivity contribution in [2.75, 3.05) is 0 Å². The van der Waals surface area contributed by atoms with Gasteiger partial charge < -0.3 is 0 Å². The van der Waals surface area contributed by atoms with E-state index in [0.29, 0.717) is 0 Å². The number of hydrogen-bond acceptors (Lipinski definition) is 0. The SMILES string of the molecule is Cc1cccc2c1[C@]1(CC2(C)C)CC(C)(C)c2cccc(P(C(C)(C)C)C(C)(C)C)c21. The highest BCUT2D eigenvalue weighted by Gasteiger charge is 2.58. The average molecular weight is 435 g/mol. The highest BCUT2D eigenvalue weighted by molar-refractivity contribution is 7.68. The highest BCUT2D eigenvalue weighted by Crippen LogP contribution is 2.66. The summed E-state index contributed by atoms with van der Waals surface area (Å²) in [7, 11) is -0.354. The predicted molar refractivity (Wildman–Crippen MR) is 140 cm³/mol. The summed E-state index contributed by atoms with van der Waals surface area (Å²) in [6.45, 7) is 27.1. The van der Waals surface area contributed by atoms with Crippen molar-refractivity contribution < 1.29 is 0 Å². The van der Waals surface area contributed by atoms with E-state index in [2.05, 4.69) is 113 Å². The normalized spacial score (nSPS) is 24.0. The largest absolute Gasteiger partial charge is 0.0639 e. The molecule has 0 saturated carbocycles. The Labute approximate surface area is 193 Å². The summed E-state index contributed by atoms with van der Waals surface area (Å²) >= 11 is 0. The lowest BCUT2D eigenvalue weighted by Gasteiger charge is -2.44. The van der Waals surface area contributed by atoms with E-state index in [4.69, 9.17) is 0 Å². The van der Waals surface area contributed by atoms with Crippen molar-refractivity contribution in [2.45, 2.75) is 116 Å². The van der Waals surface area contributed by atoms with Crippen LogP contribution in [0, 0.1) is 6.92 Å². The quantitative estimate of drug-likeness (QED) is 0.396. The zero-order chi connectivity index (χ0) is 23.2. The molecule has 0 aliphatic heterocycles. The van der Waals surface area contributed by atoms with E-state index in [1.54, 1.807) is 27.6 Å². The van der Waals surface area contributed by atoms with Crippen LogP contribution < -0.4 is 5.30 Å². The fraction of sp³-hybridized carbons (Fsp3) is 0.600. The molecule has 2 aliphatic carbocycles. The molecule has 2 aliphatic rings. The molecule has 0 unspecified atom stereocenters. The van der Waals surface area contributed by atoms with E-state index in [1.807, 2.05) is 0 Å². The number of aryl methyl sites for hydroxylation is 1. The molecule has 0 aromatic heterocycles. The Morgan fingerprint density at radius 2 is 1.13 bits per heavy atom. The smallest absolute Gasteiger partial charge is 0.0234 e. The van der Waals surface area contributed by atoms with Crippen LogP contribution in [-0.4, -0.2) is 10.3 Å². The summed E-state index contributed by atoms with van der Waals surface area (Å²) in [5, 5.41) is 2.20. The first kappa shape index (κ1) is 23.0. The fourth-order valence-electron chi connectivity index (χ4n) is 7.63. The first-order chi connectivity index (χ1) is 14.0. The minimum Gasteiger partial charge on any atom is -0.0639 e. The number of hydrogen-bond donors (Lipinski definition) is 0. The minimum atomic E-state index is -0.354. The standard InChI is InChI=1S/C30H43P/c1-20-14-12-15-21-24(20)30(18-28(21,8)9)19-29(10,11)22-16-13-17-23(25(22)30)31(26(2,3)4)27(5,6)7/h12-17H,18-19H2,1-11H3/t30-/m0/s1. The van der Waals surface area contributed by atoms with Crippen molar-refractivity contribution in [3.8, 4) is 0 Å². The Kier molecular flexibility index (Phi) is 4.98. The Morgan fingerprint density at radius 1 is 0.677 bits per heavy atom. The minimum absolute atomic E-state index is 0.136. The van der Waals surface area contributed by atoms with Gasteiger partial charge in [-0.2, -0.15) is 0 Å². The molecule has 0 fully saturated rings. The monoisotopic (exact) mass is 434 g/mol. The van der Waals surface area contributed by atoms with Gasteiger partial charge in [-0.3, -0.25) is 0 Å². The van der Waals surface area contributed by atoms with Crippen LogP contribution in [-0.2, 0) is 16.2 Å². The molecule has 0 radical (unpaired) electrons. The zero-order valence-corrected chi connectivity index (χ0v) is 22.7. The molecule has 0 heterocycles. The first-order valence-electron chi connectivity index (χ1n) is 12.1. The van der Waals surface area contributed by atoms with E-state index >= 15 is 0 Å². The van der Waals surface area contributed by atoms with Crippen molar-refractivity contribution in [2.24, 2.45) is 0 Å². The molecule has 0 nitrogen and oxygen atoms in total. The maximum Gasteiger partial charge on any atom is 0.0234 e. The van der Waals surface area contributed by atoms with Gasteiger partial charge in [0, 0.05) is 5.41 Å². The molecule has 0 bridgehead atoms. The summed E-state index contributed by atoms with van der Waals surface area (Å²) in [6, 6.07) is 14.4. The van der Waals surface area contributed by atoms with Crippen LogP contribution in [0.1, 0.15) is 110 Å². The lowest BCUT2D eigenvalue weighted by molar-refractivity contribution is 0.350. The fourth-order valence-corrected chi connectivity index (χ4v) is 11.9. The number of rotatable bonds is 1. The van der Waals surface area contributed by atoms with Crippen LogP contribution >= 0.6 is 7.92 Å². The maximum atomic E-state index is 2.51. The molecule has 2 aromatic carbocycles. The second-order valence-electron chi connectivity index (χ2n) is 13.6. The van der Waals surface area contributed by atoms with Gasteiger partial charge in [0.15, 0.2) is 0 Å². The van der Waals surface area contributed by atoms with E-state index in [-0.39, 0.29) is 34.5 Å². The third-order valence-corrected chi connectivity index (χ3v) is 11.3. The second-order valence-corrected chi connectivity index (χ2v) is 17.4. The lowest BCUT2D eigenvalue weighted by atomic mass is 9.71. The van der Waals surface area contributed by atoms with Gasteiger partial charge in [0.1, 0.15) is 0 Å². The van der Waals surface area contributed by atoms with Crippen LogP contribution in [0.4, 0.5) is 0 Å². The molecule has 1 spiro atoms. The van der Waals surface area contributed by atoms with Crippen molar-refractivity contribution in [1.29, 1.82) is 0 Å². The van der Waals surface area contributed by atoms with Crippen LogP contribution in [0.5, 0.6) is 0 Å². The van der Waals surface area contributed by atoms with E-state index in [1.165, 1.54) is 18.4 Å². The summed E-state index contributed by atoms with van der Waals surface area (Å²) in [5.41, 5.74) is 8.57. The molecule has 2 aromatic rings.